The molecule has 0 atom stereocenters. The summed E-state index contributed by atoms with van der Waals surface area (Å²) in [6.45, 7) is 5.17. The van der Waals surface area contributed by atoms with Gasteiger partial charge in [0.1, 0.15) is 24.0 Å². The van der Waals surface area contributed by atoms with Gasteiger partial charge in [-0.3, -0.25) is 4.79 Å². The molecule has 0 bridgehead atoms. The van der Waals surface area contributed by atoms with Crippen molar-refractivity contribution in [2.24, 2.45) is 0 Å². The minimum absolute atomic E-state index is 0.151. The van der Waals surface area contributed by atoms with Crippen LogP contribution in [0.15, 0.2) is 62.2 Å². The van der Waals surface area contributed by atoms with Crippen molar-refractivity contribution in [1.29, 1.82) is 5.26 Å². The number of carbonyl (C=O) groups is 2. The number of carbonyl (C=O) groups excluding carboxylic acids is 2. The van der Waals surface area contributed by atoms with E-state index >= 15 is 0 Å². The Labute approximate surface area is 244 Å². The van der Waals surface area contributed by atoms with Crippen LogP contribution in [0.5, 0.6) is 0 Å². The average molecular weight is 675 g/mol. The van der Waals surface area contributed by atoms with Crippen LogP contribution in [0, 0.1) is 11.3 Å². The largest absolute Gasteiger partial charge is 0.443 e. The summed E-state index contributed by atoms with van der Waals surface area (Å²) >= 11 is 10.2. The highest BCUT2D eigenvalue weighted by Crippen LogP contribution is 2.51. The lowest BCUT2D eigenvalue weighted by atomic mass is 9.87. The zero-order valence-electron chi connectivity index (χ0n) is 20.5. The van der Waals surface area contributed by atoms with Gasteiger partial charge in [-0.05, 0) is 107 Å². The Balaban J connectivity index is 1.77. The van der Waals surface area contributed by atoms with Gasteiger partial charge in [-0.1, -0.05) is 6.07 Å². The number of halogens is 2. The van der Waals surface area contributed by atoms with E-state index in [4.69, 9.17) is 9.47 Å². The molecule has 1 aliphatic rings. The third-order valence-electron chi connectivity index (χ3n) is 5.80. The summed E-state index contributed by atoms with van der Waals surface area (Å²) in [4.78, 5) is 27.7. The SMILES string of the molecule is CC(C)(C)OC(=O)n1c(C#N)ccc1-c1ccc2c(c1)C(c1ccc(Br)s1)(c1ccc(Br)s1)OCC(=O)N2. The lowest BCUT2D eigenvalue weighted by molar-refractivity contribution is -0.123. The van der Waals surface area contributed by atoms with Gasteiger partial charge in [-0.25, -0.2) is 9.36 Å². The molecule has 4 aromatic rings. The predicted molar refractivity (Wildman–Crippen MR) is 155 cm³/mol. The summed E-state index contributed by atoms with van der Waals surface area (Å²) in [5, 5.41) is 12.7. The normalized spacial score (nSPS) is 14.8. The minimum atomic E-state index is -1.10. The molecule has 0 radical (unpaired) electrons. The Hall–Kier alpha value is -2.75. The molecule has 194 valence electrons. The maximum Gasteiger partial charge on any atom is 0.420 e. The summed E-state index contributed by atoms with van der Waals surface area (Å²) < 4.78 is 15.2. The van der Waals surface area contributed by atoms with Crippen molar-refractivity contribution in [2.45, 2.75) is 32.0 Å². The number of nitriles is 1. The first kappa shape index (κ1) is 26.8. The van der Waals surface area contributed by atoms with Gasteiger partial charge in [0.05, 0.1) is 13.3 Å². The van der Waals surface area contributed by atoms with E-state index in [0.717, 1.165) is 17.3 Å². The number of nitrogens with one attached hydrogen (secondary N) is 1. The molecule has 0 unspecified atom stereocenters. The molecule has 0 saturated heterocycles. The number of benzene rings is 1. The van der Waals surface area contributed by atoms with Crippen LogP contribution in [-0.2, 0) is 19.9 Å². The quantitative estimate of drug-likeness (QED) is 0.240. The first-order valence-corrected chi connectivity index (χ1v) is 14.7. The van der Waals surface area contributed by atoms with Crippen LogP contribution in [0.3, 0.4) is 0 Å². The van der Waals surface area contributed by atoms with E-state index in [1.807, 2.05) is 30.3 Å². The second-order valence-electron chi connectivity index (χ2n) is 9.52. The van der Waals surface area contributed by atoms with Gasteiger partial charge in [0.15, 0.2) is 5.60 Å². The summed E-state index contributed by atoms with van der Waals surface area (Å²) in [6.07, 6.45) is -0.649. The lowest BCUT2D eigenvalue weighted by Crippen LogP contribution is -2.31. The molecule has 0 spiro atoms. The summed E-state index contributed by atoms with van der Waals surface area (Å²) in [7, 11) is 0. The first-order valence-electron chi connectivity index (χ1n) is 11.5. The summed E-state index contributed by atoms with van der Waals surface area (Å²) in [5.74, 6) is -0.268. The van der Waals surface area contributed by atoms with Gasteiger partial charge in [0, 0.05) is 21.0 Å². The van der Waals surface area contributed by atoms with Gasteiger partial charge in [0.2, 0.25) is 5.91 Å². The molecule has 4 heterocycles. The van der Waals surface area contributed by atoms with Crippen LogP contribution in [0.1, 0.15) is 41.8 Å². The zero-order chi connectivity index (χ0) is 27.2. The highest BCUT2D eigenvalue weighted by molar-refractivity contribution is 9.11. The Morgan fingerprint density at radius 1 is 1.08 bits per heavy atom. The van der Waals surface area contributed by atoms with E-state index in [9.17, 15) is 14.9 Å². The Morgan fingerprint density at radius 3 is 2.29 bits per heavy atom. The number of anilines is 1. The number of hydrogen-bond donors (Lipinski definition) is 1. The topological polar surface area (TPSA) is 93.3 Å². The first-order chi connectivity index (χ1) is 18.0. The molecule has 38 heavy (non-hydrogen) atoms. The molecule has 0 fully saturated rings. The van der Waals surface area contributed by atoms with E-state index in [2.05, 4.69) is 43.2 Å². The van der Waals surface area contributed by atoms with E-state index < -0.39 is 17.3 Å². The van der Waals surface area contributed by atoms with Crippen molar-refractivity contribution in [3.63, 3.8) is 0 Å². The molecule has 3 aromatic heterocycles. The maximum absolute atomic E-state index is 13.2. The van der Waals surface area contributed by atoms with Crippen molar-refractivity contribution < 1.29 is 19.1 Å². The van der Waals surface area contributed by atoms with Gasteiger partial charge < -0.3 is 14.8 Å². The van der Waals surface area contributed by atoms with Crippen molar-refractivity contribution in [3.8, 4) is 17.3 Å². The maximum atomic E-state index is 13.2. The van der Waals surface area contributed by atoms with Crippen molar-refractivity contribution in [3.05, 3.63) is 83.2 Å². The second-order valence-corrected chi connectivity index (χ2v) is 14.4. The number of fused-ring (bicyclic) bond motifs is 1. The van der Waals surface area contributed by atoms with E-state index in [1.54, 1.807) is 45.0 Å². The van der Waals surface area contributed by atoms with Gasteiger partial charge in [0.25, 0.3) is 0 Å². The molecular formula is C27H21Br2N3O4S2. The lowest BCUT2D eigenvalue weighted by Gasteiger charge is -2.32. The molecule has 7 nitrogen and oxygen atoms in total. The fourth-order valence-electron chi connectivity index (χ4n) is 4.33. The number of amides is 1. The number of ether oxygens (including phenoxy) is 2. The molecule has 1 aliphatic heterocycles. The second kappa shape index (κ2) is 10.1. The number of thiophene rings is 2. The molecule has 1 amide bonds. The smallest absolute Gasteiger partial charge is 0.420 e. The number of nitrogens with zero attached hydrogens (tertiary/aromatic N) is 2. The molecule has 1 aromatic carbocycles. The minimum Gasteiger partial charge on any atom is -0.443 e. The van der Waals surface area contributed by atoms with Crippen LogP contribution < -0.4 is 5.32 Å². The number of hydrogen-bond acceptors (Lipinski definition) is 7. The fraction of sp³-hybridized carbons (Fsp3) is 0.222. The van der Waals surface area contributed by atoms with Gasteiger partial charge >= 0.3 is 6.09 Å². The third-order valence-corrected chi connectivity index (χ3v) is 9.25. The van der Waals surface area contributed by atoms with Crippen molar-refractivity contribution in [2.75, 3.05) is 11.9 Å². The molecular weight excluding hydrogens is 654 g/mol. The molecule has 0 aliphatic carbocycles. The van der Waals surface area contributed by atoms with E-state index in [0.29, 0.717) is 22.5 Å². The van der Waals surface area contributed by atoms with Crippen LogP contribution in [-0.4, -0.2) is 28.8 Å². The molecule has 5 rings (SSSR count). The summed E-state index contributed by atoms with van der Waals surface area (Å²) in [5.41, 5.74) is 0.768. The number of rotatable bonds is 3. The highest BCUT2D eigenvalue weighted by atomic mass is 79.9. The van der Waals surface area contributed by atoms with Crippen molar-refractivity contribution in [1.82, 2.24) is 4.57 Å². The predicted octanol–water partition coefficient (Wildman–Crippen LogP) is 7.72. The van der Waals surface area contributed by atoms with Gasteiger partial charge in [-0.15, -0.1) is 22.7 Å². The monoisotopic (exact) mass is 673 g/mol. The van der Waals surface area contributed by atoms with Gasteiger partial charge in [-0.2, -0.15) is 5.26 Å². The molecule has 1 N–H and O–H groups in total. The molecule has 0 saturated carbocycles. The summed E-state index contributed by atoms with van der Waals surface area (Å²) in [6, 6.07) is 18.7. The van der Waals surface area contributed by atoms with Crippen LogP contribution in [0.4, 0.5) is 10.5 Å². The Kier molecular flexibility index (Phi) is 7.13. The standard InChI is InChI=1S/C27H21Br2N3O4S2/c1-26(2,3)36-25(34)32-16(13-30)5-7-19(32)15-4-6-18-17(12-15)27(35-14-24(33)31-18,20-8-10-22(28)37-20)21-9-11-23(29)38-21/h4-12H,14H2,1-3H3,(H,31,33). The molecule has 11 heteroatoms. The average Bonchev–Trinajstić information content (AvgIpc) is 3.57. The number of aromatic nitrogens is 1. The van der Waals surface area contributed by atoms with E-state index in [-0.39, 0.29) is 18.2 Å². The van der Waals surface area contributed by atoms with E-state index in [1.165, 1.54) is 27.2 Å². The van der Waals surface area contributed by atoms with Crippen molar-refractivity contribution >= 4 is 72.2 Å². The fourth-order valence-corrected chi connectivity index (χ4v) is 7.52. The third kappa shape index (κ3) is 4.87. The highest BCUT2D eigenvalue weighted by Gasteiger charge is 2.45. The zero-order valence-corrected chi connectivity index (χ0v) is 25.3. The van der Waals surface area contributed by atoms with Crippen LogP contribution in [0.2, 0.25) is 0 Å². The Morgan fingerprint density at radius 2 is 1.74 bits per heavy atom. The van der Waals surface area contributed by atoms with Crippen LogP contribution >= 0.6 is 54.5 Å². The van der Waals surface area contributed by atoms with Crippen LogP contribution in [0.25, 0.3) is 11.3 Å². The Bertz CT molecular complexity index is 1570.